The summed E-state index contributed by atoms with van der Waals surface area (Å²) in [4.78, 5) is 4.70. The van der Waals surface area contributed by atoms with Crippen LogP contribution < -0.4 is 25.7 Å². The summed E-state index contributed by atoms with van der Waals surface area (Å²) in [6, 6.07) is 21.7. The highest BCUT2D eigenvalue weighted by Crippen LogP contribution is 2.37. The van der Waals surface area contributed by atoms with Crippen LogP contribution in [0.3, 0.4) is 0 Å². The fourth-order valence-electron chi connectivity index (χ4n) is 3.87. The van der Waals surface area contributed by atoms with E-state index < -0.39 is 12.1 Å². The fourth-order valence-corrected chi connectivity index (χ4v) is 3.87. The number of nitrogens with two attached hydrogens (primary N) is 2. The van der Waals surface area contributed by atoms with E-state index in [2.05, 4.69) is 0 Å². The van der Waals surface area contributed by atoms with Gasteiger partial charge in [-0.25, -0.2) is 0 Å². The number of benzene rings is 3. The lowest BCUT2D eigenvalue weighted by Gasteiger charge is -2.29. The van der Waals surface area contributed by atoms with Crippen LogP contribution in [0.1, 0.15) is 17.2 Å². The van der Waals surface area contributed by atoms with E-state index in [0.29, 0.717) is 22.8 Å². The van der Waals surface area contributed by atoms with Crippen LogP contribution in [-0.2, 0) is 0 Å². The van der Waals surface area contributed by atoms with Gasteiger partial charge in [-0.2, -0.15) is 0 Å². The Hall–Kier alpha value is -4.10. The molecule has 1 heterocycles. The number of rotatable bonds is 7. The predicted molar refractivity (Wildman–Crippen MR) is 131 cm³/mol. The fraction of sp³-hybridized carbons (Fsp3) is 0.154. The van der Waals surface area contributed by atoms with Crippen molar-refractivity contribution in [1.82, 2.24) is 0 Å². The van der Waals surface area contributed by atoms with Crippen LogP contribution >= 0.6 is 0 Å². The molecule has 3 aromatic rings. The summed E-state index contributed by atoms with van der Waals surface area (Å²) in [6.07, 6.45) is 1.73. The minimum absolute atomic E-state index is 0.0845. The summed E-state index contributed by atoms with van der Waals surface area (Å²) in [5, 5.41) is 8.19. The van der Waals surface area contributed by atoms with Crippen LogP contribution in [0.4, 0.5) is 0 Å². The average Bonchev–Trinajstić information content (AvgIpc) is 2.84. The lowest BCUT2D eigenvalue weighted by Crippen LogP contribution is -2.38. The molecular formula is C26H26N4O3. The normalized spacial score (nSPS) is 17.5. The van der Waals surface area contributed by atoms with Gasteiger partial charge in [0.05, 0.1) is 26.3 Å². The molecule has 4 rings (SSSR count). The number of nitrogens with one attached hydrogen (secondary N) is 1. The highest BCUT2D eigenvalue weighted by molar-refractivity contribution is 6.20. The molecular weight excluding hydrogens is 416 g/mol. The number of dihydropyridines is 1. The van der Waals surface area contributed by atoms with Crippen LogP contribution in [-0.4, -0.2) is 32.3 Å². The molecule has 2 atom stereocenters. The largest absolute Gasteiger partial charge is 0.493 e. The minimum atomic E-state index is -0.596. The number of ether oxygens (including phenoxy) is 3. The van der Waals surface area contributed by atoms with Gasteiger partial charge >= 0.3 is 0 Å². The third-order valence-electron chi connectivity index (χ3n) is 5.51. The van der Waals surface area contributed by atoms with E-state index in [0.717, 1.165) is 22.4 Å². The van der Waals surface area contributed by atoms with Crippen LogP contribution in [0.15, 0.2) is 83.4 Å². The smallest absolute Gasteiger partial charge is 0.161 e. The lowest BCUT2D eigenvalue weighted by molar-refractivity contribution is 0.354. The molecule has 2 unspecified atom stereocenters. The van der Waals surface area contributed by atoms with E-state index in [1.165, 1.54) is 0 Å². The Morgan fingerprint density at radius 2 is 1.55 bits per heavy atom. The zero-order chi connectivity index (χ0) is 23.4. The molecule has 0 saturated carbocycles. The molecule has 3 aromatic carbocycles. The quantitative estimate of drug-likeness (QED) is 0.372. The van der Waals surface area contributed by atoms with Gasteiger partial charge in [-0.15, -0.1) is 0 Å². The van der Waals surface area contributed by atoms with Gasteiger partial charge in [0, 0.05) is 17.4 Å². The van der Waals surface area contributed by atoms with Crippen molar-refractivity contribution in [3.63, 3.8) is 0 Å². The summed E-state index contributed by atoms with van der Waals surface area (Å²) in [5.41, 5.74) is 15.5. The second-order valence-corrected chi connectivity index (χ2v) is 7.54. The Bertz CT molecular complexity index is 1200. The molecule has 0 bridgehead atoms. The standard InChI is InChI=1S/C26H26N4O3/c1-31-21-13-10-17(14-22(21)32-2)25-24(27)23(26(28)29)20(15-30-25)16-8-11-19(12-9-16)33-18-6-4-3-5-7-18/h3-15,24-25H,27H2,1-2H3,(H3,28,29). The number of nitrogens with zero attached hydrogens (tertiary/aromatic N) is 1. The van der Waals surface area contributed by atoms with E-state index in [1.807, 2.05) is 72.8 Å². The van der Waals surface area contributed by atoms with Gasteiger partial charge in [-0.1, -0.05) is 36.4 Å². The first-order chi connectivity index (χ1) is 16.0. The maximum Gasteiger partial charge on any atom is 0.161 e. The monoisotopic (exact) mass is 442 g/mol. The summed E-state index contributed by atoms with van der Waals surface area (Å²) in [7, 11) is 3.16. The molecule has 0 amide bonds. The van der Waals surface area contributed by atoms with E-state index in [1.54, 1.807) is 20.4 Å². The van der Waals surface area contributed by atoms with E-state index in [9.17, 15) is 0 Å². The van der Waals surface area contributed by atoms with Crippen LogP contribution in [0.2, 0.25) is 0 Å². The first-order valence-corrected chi connectivity index (χ1v) is 10.4. The van der Waals surface area contributed by atoms with Crippen molar-refractivity contribution in [2.45, 2.75) is 12.1 Å². The average molecular weight is 443 g/mol. The molecule has 0 aliphatic carbocycles. The van der Waals surface area contributed by atoms with Crippen molar-refractivity contribution in [2.24, 2.45) is 16.5 Å². The summed E-state index contributed by atoms with van der Waals surface area (Å²) in [6.45, 7) is 0. The van der Waals surface area contributed by atoms with Gasteiger partial charge in [0.25, 0.3) is 0 Å². The Balaban J connectivity index is 1.63. The molecule has 0 spiro atoms. The molecule has 33 heavy (non-hydrogen) atoms. The Labute approximate surface area is 192 Å². The molecule has 7 heteroatoms. The van der Waals surface area contributed by atoms with Crippen molar-refractivity contribution in [2.75, 3.05) is 14.2 Å². The molecule has 5 N–H and O–H groups in total. The van der Waals surface area contributed by atoms with E-state index in [-0.39, 0.29) is 5.84 Å². The molecule has 7 nitrogen and oxygen atoms in total. The first kappa shape index (κ1) is 22.1. The molecule has 0 fully saturated rings. The Morgan fingerprint density at radius 1 is 0.879 bits per heavy atom. The lowest BCUT2D eigenvalue weighted by atomic mass is 9.86. The van der Waals surface area contributed by atoms with Gasteiger partial charge < -0.3 is 25.7 Å². The van der Waals surface area contributed by atoms with Crippen molar-refractivity contribution in [1.29, 1.82) is 5.41 Å². The second-order valence-electron chi connectivity index (χ2n) is 7.54. The van der Waals surface area contributed by atoms with Crippen LogP contribution in [0.25, 0.3) is 5.57 Å². The van der Waals surface area contributed by atoms with Gasteiger partial charge in [0.15, 0.2) is 11.5 Å². The van der Waals surface area contributed by atoms with Gasteiger partial charge in [-0.3, -0.25) is 10.4 Å². The number of hydrogen-bond donors (Lipinski definition) is 3. The zero-order valence-electron chi connectivity index (χ0n) is 18.5. The number of allylic oxidation sites excluding steroid dienone is 1. The highest BCUT2D eigenvalue weighted by Gasteiger charge is 2.30. The topological polar surface area (TPSA) is 116 Å². The van der Waals surface area contributed by atoms with Crippen molar-refractivity contribution < 1.29 is 14.2 Å². The van der Waals surface area contributed by atoms with Crippen molar-refractivity contribution in [3.05, 3.63) is 89.5 Å². The van der Waals surface area contributed by atoms with Crippen LogP contribution in [0.5, 0.6) is 23.0 Å². The number of methoxy groups -OCH3 is 2. The number of para-hydroxylation sites is 1. The minimum Gasteiger partial charge on any atom is -0.493 e. The predicted octanol–water partition coefficient (Wildman–Crippen LogP) is 4.34. The van der Waals surface area contributed by atoms with E-state index >= 15 is 0 Å². The number of aliphatic imine (C=N–C) groups is 1. The van der Waals surface area contributed by atoms with Crippen LogP contribution in [0, 0.1) is 5.41 Å². The zero-order valence-corrected chi connectivity index (χ0v) is 18.5. The molecule has 0 radical (unpaired) electrons. The summed E-state index contributed by atoms with van der Waals surface area (Å²) >= 11 is 0. The van der Waals surface area contributed by atoms with Crippen molar-refractivity contribution >= 4 is 17.6 Å². The summed E-state index contributed by atoms with van der Waals surface area (Å²) in [5.74, 6) is 2.59. The molecule has 168 valence electrons. The molecule has 1 aliphatic heterocycles. The van der Waals surface area contributed by atoms with Gasteiger partial charge in [0.1, 0.15) is 17.3 Å². The third kappa shape index (κ3) is 4.58. The maximum atomic E-state index is 8.19. The van der Waals surface area contributed by atoms with Crippen molar-refractivity contribution in [3.8, 4) is 23.0 Å². The second kappa shape index (κ2) is 9.58. The maximum absolute atomic E-state index is 8.19. The summed E-state index contributed by atoms with van der Waals surface area (Å²) < 4.78 is 16.6. The first-order valence-electron chi connectivity index (χ1n) is 10.4. The number of hydrogen-bond acceptors (Lipinski definition) is 6. The Morgan fingerprint density at radius 3 is 2.18 bits per heavy atom. The highest BCUT2D eigenvalue weighted by atomic mass is 16.5. The SMILES string of the molecule is COc1ccc(C2N=CC(c3ccc(Oc4ccccc4)cc3)=C(C(=N)N)C2N)cc1OC. The molecule has 0 saturated heterocycles. The number of amidine groups is 1. The van der Waals surface area contributed by atoms with E-state index in [4.69, 9.17) is 36.1 Å². The molecule has 0 aromatic heterocycles. The Kier molecular flexibility index (Phi) is 6.42. The van der Waals surface area contributed by atoms with Gasteiger partial charge in [0.2, 0.25) is 0 Å². The third-order valence-corrected chi connectivity index (χ3v) is 5.51. The molecule has 1 aliphatic rings. The van der Waals surface area contributed by atoms with Gasteiger partial charge in [-0.05, 0) is 47.5 Å².